The van der Waals surface area contributed by atoms with E-state index in [9.17, 15) is 0 Å². The van der Waals surface area contributed by atoms with Crippen LogP contribution in [-0.4, -0.2) is 37.0 Å². The molecule has 0 aliphatic rings. The first kappa shape index (κ1) is 19.4. The van der Waals surface area contributed by atoms with Gasteiger partial charge in [-0.25, -0.2) is 0 Å². The second-order valence-electron chi connectivity index (χ2n) is 4.55. The van der Waals surface area contributed by atoms with Gasteiger partial charge in [0.2, 0.25) is 0 Å². The van der Waals surface area contributed by atoms with Crippen molar-refractivity contribution in [3.63, 3.8) is 0 Å². The maximum atomic E-state index is 5.74. The molecule has 0 rings (SSSR count). The van der Waals surface area contributed by atoms with Crippen molar-refractivity contribution in [2.24, 2.45) is 5.92 Å². The Morgan fingerprint density at radius 3 is 2.10 bits per heavy atom. The zero-order chi connectivity index (χ0) is 15.4. The number of hydrogen-bond donors (Lipinski definition) is 0. The third-order valence-electron chi connectivity index (χ3n) is 3.22. The number of unbranched alkanes of at least 4 members (excludes halogenated alkanes) is 1. The van der Waals surface area contributed by atoms with Crippen LogP contribution in [0.25, 0.3) is 0 Å². The van der Waals surface area contributed by atoms with Crippen molar-refractivity contribution in [3.8, 4) is 0 Å². The second-order valence-corrected chi connectivity index (χ2v) is 6.98. The van der Waals surface area contributed by atoms with Crippen molar-refractivity contribution in [2.45, 2.75) is 46.5 Å². The quantitative estimate of drug-likeness (QED) is 0.408. The predicted octanol–water partition coefficient (Wildman–Crippen LogP) is 3.47. The van der Waals surface area contributed by atoms with Crippen molar-refractivity contribution >= 4 is 9.05 Å². The average molecular weight is 306 g/mol. The molecule has 0 heterocycles. The molecule has 0 amide bonds. The van der Waals surface area contributed by atoms with Crippen LogP contribution in [0.4, 0.5) is 0 Å². The Hall–Kier alpha value is -0.563. The summed E-state index contributed by atoms with van der Waals surface area (Å²) < 4.78 is 27.0. The highest BCUT2D eigenvalue weighted by Crippen LogP contribution is 2.18. The van der Waals surface area contributed by atoms with E-state index in [0.717, 1.165) is 6.42 Å². The van der Waals surface area contributed by atoms with Crippen LogP contribution in [0.3, 0.4) is 0 Å². The number of hydrogen-bond acceptors (Lipinski definition) is 5. The summed E-state index contributed by atoms with van der Waals surface area (Å²) in [6.45, 7) is 6.86. The molecule has 0 bridgehead atoms. The molecule has 0 N–H and O–H groups in total. The molecule has 0 saturated carbocycles. The molecular weight excluding hydrogens is 276 g/mol. The molecule has 0 aromatic heterocycles. The number of ether oxygens (including phenoxy) is 1. The van der Waals surface area contributed by atoms with Crippen LogP contribution in [0, 0.1) is 5.92 Å². The van der Waals surface area contributed by atoms with E-state index >= 15 is 0 Å². The maximum absolute atomic E-state index is 5.74. The number of rotatable bonds is 12. The molecule has 1 atom stereocenters. The molecule has 0 saturated heterocycles. The molecular formula is C14H30O5Si. The summed E-state index contributed by atoms with van der Waals surface area (Å²) in [4.78, 5) is 0. The predicted molar refractivity (Wildman–Crippen MR) is 80.9 cm³/mol. The lowest BCUT2D eigenvalue weighted by molar-refractivity contribution is -0.0245. The fraction of sp³-hybridized carbons (Fsp3) is 0.857. The second kappa shape index (κ2) is 11.1. The Bertz CT molecular complexity index is 258. The van der Waals surface area contributed by atoms with Gasteiger partial charge in [0.05, 0.1) is 6.61 Å². The smallest absolute Gasteiger partial charge is 0.466 e. The van der Waals surface area contributed by atoms with Crippen LogP contribution in [0.5, 0.6) is 0 Å². The first-order valence-electron chi connectivity index (χ1n) is 7.24. The summed E-state index contributed by atoms with van der Waals surface area (Å²) >= 11 is 0. The van der Waals surface area contributed by atoms with Gasteiger partial charge in [-0.2, -0.15) is 0 Å². The van der Waals surface area contributed by atoms with Gasteiger partial charge in [-0.3, -0.25) is 0 Å². The Kier molecular flexibility index (Phi) is 10.8. The summed E-state index contributed by atoms with van der Waals surface area (Å²) in [5.41, 5.74) is 0. The van der Waals surface area contributed by atoms with E-state index < -0.39 is 9.05 Å². The summed E-state index contributed by atoms with van der Waals surface area (Å²) in [7, 11) is 1.41. The molecule has 20 heavy (non-hydrogen) atoms. The Balaban J connectivity index is 4.41. The minimum absolute atomic E-state index is 0.400. The Morgan fingerprint density at radius 1 is 1.10 bits per heavy atom. The van der Waals surface area contributed by atoms with Crippen molar-refractivity contribution < 1.29 is 22.4 Å². The molecule has 0 aromatic carbocycles. The minimum atomic E-state index is -3.10. The lowest BCUT2D eigenvalue weighted by Crippen LogP contribution is -2.46. The maximum Gasteiger partial charge on any atom is 0.750 e. The van der Waals surface area contributed by atoms with E-state index in [2.05, 4.69) is 13.8 Å². The molecule has 0 radical (unpaired) electrons. The molecule has 120 valence electrons. The van der Waals surface area contributed by atoms with Gasteiger partial charge < -0.3 is 22.4 Å². The average Bonchev–Trinajstić information content (AvgIpc) is 2.51. The van der Waals surface area contributed by atoms with Crippen LogP contribution in [0.1, 0.15) is 46.5 Å². The van der Waals surface area contributed by atoms with E-state index in [1.165, 1.54) is 40.6 Å². The number of allylic oxidation sites excluding steroid dienone is 1. The fourth-order valence-electron chi connectivity index (χ4n) is 1.77. The Morgan fingerprint density at radius 2 is 1.70 bits per heavy atom. The van der Waals surface area contributed by atoms with Gasteiger partial charge in [-0.1, -0.05) is 33.1 Å². The first-order chi connectivity index (χ1) is 9.61. The van der Waals surface area contributed by atoms with Gasteiger partial charge >= 0.3 is 9.05 Å². The zero-order valence-corrected chi connectivity index (χ0v) is 14.7. The molecule has 0 spiro atoms. The van der Waals surface area contributed by atoms with Crippen molar-refractivity contribution in [1.29, 1.82) is 0 Å². The Labute approximate surface area is 124 Å². The SMILES string of the molecule is C/C=C(\OCC(CC)CCCC)O[Si](OC)(OC)OC. The summed E-state index contributed by atoms with van der Waals surface area (Å²) in [6.07, 6.45) is 6.45. The van der Waals surface area contributed by atoms with Gasteiger partial charge in [-0.15, -0.1) is 0 Å². The van der Waals surface area contributed by atoms with Gasteiger partial charge in [0.1, 0.15) is 0 Å². The van der Waals surface area contributed by atoms with E-state index in [1.54, 1.807) is 6.08 Å². The minimum Gasteiger partial charge on any atom is -0.466 e. The van der Waals surface area contributed by atoms with Gasteiger partial charge in [-0.05, 0) is 25.3 Å². The van der Waals surface area contributed by atoms with E-state index in [-0.39, 0.29) is 0 Å². The first-order valence-corrected chi connectivity index (χ1v) is 8.88. The molecule has 0 aliphatic heterocycles. The topological polar surface area (TPSA) is 46.2 Å². The largest absolute Gasteiger partial charge is 0.750 e. The molecule has 6 heteroatoms. The summed E-state index contributed by atoms with van der Waals surface area (Å²) in [5.74, 6) is 0.939. The zero-order valence-electron chi connectivity index (χ0n) is 13.7. The molecule has 0 fully saturated rings. The summed E-state index contributed by atoms with van der Waals surface area (Å²) in [6, 6.07) is 0. The monoisotopic (exact) mass is 306 g/mol. The highest BCUT2D eigenvalue weighted by atomic mass is 28.4. The van der Waals surface area contributed by atoms with Gasteiger partial charge in [0, 0.05) is 21.3 Å². The van der Waals surface area contributed by atoms with E-state index in [1.807, 2.05) is 6.92 Å². The van der Waals surface area contributed by atoms with Crippen molar-refractivity contribution in [2.75, 3.05) is 27.9 Å². The molecule has 0 aromatic rings. The highest BCUT2D eigenvalue weighted by molar-refractivity contribution is 6.53. The van der Waals surface area contributed by atoms with Crippen LogP contribution in [0.15, 0.2) is 12.0 Å². The lowest BCUT2D eigenvalue weighted by atomic mass is 10.0. The lowest BCUT2D eigenvalue weighted by Gasteiger charge is -2.25. The highest BCUT2D eigenvalue weighted by Gasteiger charge is 2.46. The van der Waals surface area contributed by atoms with Crippen LogP contribution in [-0.2, 0) is 22.4 Å². The standard InChI is InChI=1S/C14H30O5Si/c1-7-10-11-13(8-2)12-18-14(9-3)19-20(15-4,16-5)17-6/h9,13H,7-8,10-12H2,1-6H3/b14-9+. The molecule has 5 nitrogen and oxygen atoms in total. The third-order valence-corrected chi connectivity index (χ3v) is 5.17. The van der Waals surface area contributed by atoms with Crippen LogP contribution in [0.2, 0.25) is 0 Å². The third kappa shape index (κ3) is 6.74. The van der Waals surface area contributed by atoms with Crippen molar-refractivity contribution in [3.05, 3.63) is 12.0 Å². The van der Waals surface area contributed by atoms with Crippen molar-refractivity contribution in [1.82, 2.24) is 0 Å². The van der Waals surface area contributed by atoms with Gasteiger partial charge in [0.25, 0.3) is 5.95 Å². The summed E-state index contributed by atoms with van der Waals surface area (Å²) in [5, 5.41) is 0. The molecule has 0 aliphatic carbocycles. The fourth-order valence-corrected chi connectivity index (χ4v) is 2.94. The van der Waals surface area contributed by atoms with Crippen LogP contribution >= 0.6 is 0 Å². The van der Waals surface area contributed by atoms with E-state index in [4.69, 9.17) is 22.4 Å². The molecule has 1 unspecified atom stereocenters. The normalized spacial score (nSPS) is 14.2. The van der Waals surface area contributed by atoms with Gasteiger partial charge in [0.15, 0.2) is 0 Å². The van der Waals surface area contributed by atoms with Crippen LogP contribution < -0.4 is 0 Å². The van der Waals surface area contributed by atoms with E-state index in [0.29, 0.717) is 18.5 Å².